The predicted octanol–water partition coefficient (Wildman–Crippen LogP) is 1.35. The van der Waals surface area contributed by atoms with Crippen LogP contribution in [0.4, 0.5) is 0 Å². The summed E-state index contributed by atoms with van der Waals surface area (Å²) < 4.78 is 23.3. The van der Waals surface area contributed by atoms with Gasteiger partial charge in [-0.1, -0.05) is 35.9 Å². The molecule has 0 unspecified atom stereocenters. The number of nitrogens with two attached hydrogens (primary N) is 1. The number of benzene rings is 1. The molecule has 1 amide bonds. The smallest absolute Gasteiger partial charge is 0.277 e. The van der Waals surface area contributed by atoms with E-state index < -0.39 is 9.84 Å². The van der Waals surface area contributed by atoms with Crippen molar-refractivity contribution in [3.05, 3.63) is 57.8 Å². The van der Waals surface area contributed by atoms with E-state index in [4.69, 9.17) is 0 Å². The minimum absolute atomic E-state index is 0.0271. The van der Waals surface area contributed by atoms with Gasteiger partial charge in [0.15, 0.2) is 16.4 Å². The number of carbonyl (C=O) groups excluding carboxylic acids is 1. The van der Waals surface area contributed by atoms with Gasteiger partial charge >= 0.3 is 0 Å². The highest BCUT2D eigenvalue weighted by Crippen LogP contribution is 2.23. The third kappa shape index (κ3) is 4.52. The molecule has 2 heterocycles. The maximum absolute atomic E-state index is 12.6. The van der Waals surface area contributed by atoms with Crippen LogP contribution in [0.25, 0.3) is 0 Å². The van der Waals surface area contributed by atoms with E-state index in [0.717, 1.165) is 5.56 Å². The van der Waals surface area contributed by atoms with Gasteiger partial charge in [-0.2, -0.15) is 0 Å². The number of quaternary nitrogens is 1. The molecule has 0 radical (unpaired) electrons. The normalized spacial score (nSPS) is 20.0. The van der Waals surface area contributed by atoms with Gasteiger partial charge in [-0.25, -0.2) is 8.42 Å². The molecular formula is C19H25N2O3S2+. The molecule has 0 bridgehead atoms. The number of sulfone groups is 1. The molecule has 140 valence electrons. The van der Waals surface area contributed by atoms with Gasteiger partial charge in [0.25, 0.3) is 5.91 Å². The molecule has 1 saturated heterocycles. The Labute approximate surface area is 159 Å². The SMILES string of the molecule is Cc1ccc([C@@H]([NH2+]CC(=O)N(C)[C@@H]2CCS(=O)(=O)C2)c2cccs2)cc1. The average molecular weight is 394 g/mol. The first-order valence-electron chi connectivity index (χ1n) is 8.75. The Morgan fingerprint density at radius 3 is 2.62 bits per heavy atom. The minimum Gasteiger partial charge on any atom is -0.337 e. The number of aryl methyl sites for hydroxylation is 1. The fraction of sp³-hybridized carbons (Fsp3) is 0.421. The number of hydrogen-bond acceptors (Lipinski definition) is 4. The summed E-state index contributed by atoms with van der Waals surface area (Å²) in [5, 5.41) is 4.08. The van der Waals surface area contributed by atoms with Crippen molar-refractivity contribution in [2.75, 3.05) is 25.1 Å². The fourth-order valence-corrected chi connectivity index (χ4v) is 5.93. The molecule has 2 N–H and O–H groups in total. The molecule has 1 aromatic heterocycles. The predicted molar refractivity (Wildman–Crippen MR) is 104 cm³/mol. The van der Waals surface area contributed by atoms with E-state index in [0.29, 0.717) is 13.0 Å². The van der Waals surface area contributed by atoms with Gasteiger partial charge in [0.05, 0.1) is 16.4 Å². The molecule has 5 nitrogen and oxygen atoms in total. The molecule has 26 heavy (non-hydrogen) atoms. The average Bonchev–Trinajstić information content (AvgIpc) is 3.25. The number of carbonyl (C=O) groups is 1. The van der Waals surface area contributed by atoms with Crippen molar-refractivity contribution in [2.45, 2.75) is 25.4 Å². The number of thiophene rings is 1. The molecule has 1 fully saturated rings. The molecule has 1 aliphatic heterocycles. The van der Waals surface area contributed by atoms with Gasteiger partial charge in [0, 0.05) is 18.7 Å². The van der Waals surface area contributed by atoms with Crippen molar-refractivity contribution in [3.63, 3.8) is 0 Å². The highest BCUT2D eigenvalue weighted by atomic mass is 32.2. The number of hydrogen-bond donors (Lipinski definition) is 1. The molecule has 3 rings (SSSR count). The summed E-state index contributed by atoms with van der Waals surface area (Å²) in [4.78, 5) is 15.4. The zero-order valence-corrected chi connectivity index (χ0v) is 16.7. The summed E-state index contributed by atoms with van der Waals surface area (Å²) in [7, 11) is -1.27. The lowest BCUT2D eigenvalue weighted by Gasteiger charge is -2.23. The minimum atomic E-state index is -2.99. The molecule has 1 aliphatic rings. The van der Waals surface area contributed by atoms with E-state index >= 15 is 0 Å². The fourth-order valence-electron chi connectivity index (χ4n) is 3.31. The zero-order valence-electron chi connectivity index (χ0n) is 15.1. The summed E-state index contributed by atoms with van der Waals surface area (Å²) in [6.45, 7) is 2.35. The molecule has 2 aromatic rings. The Morgan fingerprint density at radius 1 is 1.31 bits per heavy atom. The molecule has 0 spiro atoms. The second kappa shape index (κ2) is 7.90. The first-order chi connectivity index (χ1) is 12.4. The topological polar surface area (TPSA) is 71.1 Å². The Morgan fingerprint density at radius 2 is 2.04 bits per heavy atom. The summed E-state index contributed by atoms with van der Waals surface area (Å²) >= 11 is 1.68. The van der Waals surface area contributed by atoms with E-state index in [-0.39, 0.29) is 29.5 Å². The molecule has 0 aliphatic carbocycles. The van der Waals surface area contributed by atoms with Crippen LogP contribution < -0.4 is 5.32 Å². The van der Waals surface area contributed by atoms with Crippen molar-refractivity contribution >= 4 is 27.1 Å². The van der Waals surface area contributed by atoms with E-state index in [9.17, 15) is 13.2 Å². The molecule has 1 aromatic carbocycles. The molecular weight excluding hydrogens is 368 g/mol. The van der Waals surface area contributed by atoms with Gasteiger partial charge in [-0.05, 0) is 24.8 Å². The maximum atomic E-state index is 12.6. The van der Waals surface area contributed by atoms with E-state index in [1.54, 1.807) is 23.3 Å². The summed E-state index contributed by atoms with van der Waals surface area (Å²) in [5.74, 6) is 0.239. The number of amides is 1. The highest BCUT2D eigenvalue weighted by molar-refractivity contribution is 7.91. The van der Waals surface area contributed by atoms with Crippen molar-refractivity contribution < 1.29 is 18.5 Å². The largest absolute Gasteiger partial charge is 0.337 e. The van der Waals surface area contributed by atoms with Crippen molar-refractivity contribution in [1.29, 1.82) is 0 Å². The van der Waals surface area contributed by atoms with Crippen LogP contribution in [0.5, 0.6) is 0 Å². The number of likely N-dealkylation sites (N-methyl/N-ethyl adjacent to an activating group) is 1. The Bertz CT molecular complexity index is 845. The van der Waals surface area contributed by atoms with Gasteiger partial charge < -0.3 is 10.2 Å². The summed E-state index contributed by atoms with van der Waals surface area (Å²) in [6, 6.07) is 12.4. The van der Waals surface area contributed by atoms with Crippen LogP contribution in [0.1, 0.15) is 28.5 Å². The highest BCUT2D eigenvalue weighted by Gasteiger charge is 2.33. The van der Waals surface area contributed by atoms with Crippen LogP contribution in [0.2, 0.25) is 0 Å². The van der Waals surface area contributed by atoms with Crippen molar-refractivity contribution in [2.24, 2.45) is 0 Å². The van der Waals surface area contributed by atoms with Crippen molar-refractivity contribution in [1.82, 2.24) is 4.90 Å². The van der Waals surface area contributed by atoms with Crippen LogP contribution in [0.15, 0.2) is 41.8 Å². The lowest BCUT2D eigenvalue weighted by Crippen LogP contribution is -2.87. The summed E-state index contributed by atoms with van der Waals surface area (Å²) in [5.41, 5.74) is 2.37. The second-order valence-corrected chi connectivity index (χ2v) is 10.1. The molecule has 7 heteroatoms. The van der Waals surface area contributed by atoms with E-state index in [1.165, 1.54) is 10.4 Å². The van der Waals surface area contributed by atoms with Gasteiger partial charge in [0.1, 0.15) is 6.04 Å². The first-order valence-corrected chi connectivity index (χ1v) is 11.5. The standard InChI is InChI=1S/C19H24N2O3S2/c1-14-5-7-15(8-6-14)19(17-4-3-10-25-17)20-12-18(22)21(2)16-9-11-26(23,24)13-16/h3-8,10,16,19-20H,9,11-13H2,1-2H3/p+1/t16-,19-/m1/s1. The molecule has 2 atom stereocenters. The summed E-state index contributed by atoms with van der Waals surface area (Å²) in [6.07, 6.45) is 0.539. The first kappa shape index (κ1) is 19.1. The molecule has 0 saturated carbocycles. The third-order valence-electron chi connectivity index (χ3n) is 4.96. The zero-order chi connectivity index (χ0) is 18.7. The Balaban J connectivity index is 1.68. The van der Waals surface area contributed by atoms with E-state index in [1.807, 2.05) is 16.8 Å². The number of rotatable bonds is 6. The van der Waals surface area contributed by atoms with Crippen LogP contribution in [-0.2, 0) is 14.6 Å². The third-order valence-corrected chi connectivity index (χ3v) is 7.67. The Kier molecular flexibility index (Phi) is 5.79. The Hall–Kier alpha value is -1.70. The van der Waals surface area contributed by atoms with Gasteiger partial charge in [-0.15, -0.1) is 11.3 Å². The quantitative estimate of drug-likeness (QED) is 0.805. The lowest BCUT2D eigenvalue weighted by atomic mass is 10.0. The van der Waals surface area contributed by atoms with Crippen LogP contribution in [0.3, 0.4) is 0 Å². The lowest BCUT2D eigenvalue weighted by molar-refractivity contribution is -0.676. The van der Waals surface area contributed by atoms with Crippen LogP contribution in [-0.4, -0.2) is 50.4 Å². The number of nitrogens with zero attached hydrogens (tertiary/aromatic N) is 1. The van der Waals surface area contributed by atoms with Crippen molar-refractivity contribution in [3.8, 4) is 0 Å². The monoisotopic (exact) mass is 393 g/mol. The van der Waals surface area contributed by atoms with Gasteiger partial charge in [-0.3, -0.25) is 4.79 Å². The maximum Gasteiger partial charge on any atom is 0.277 e. The van der Waals surface area contributed by atoms with Crippen LogP contribution in [0, 0.1) is 6.92 Å². The van der Waals surface area contributed by atoms with E-state index in [2.05, 4.69) is 37.3 Å². The van der Waals surface area contributed by atoms with Crippen LogP contribution >= 0.6 is 11.3 Å². The second-order valence-electron chi connectivity index (χ2n) is 6.91. The van der Waals surface area contributed by atoms with Gasteiger partial charge in [0.2, 0.25) is 0 Å².